The van der Waals surface area contributed by atoms with Gasteiger partial charge in [-0.3, -0.25) is 14.8 Å². The minimum atomic E-state index is -0.0209. The first-order chi connectivity index (χ1) is 10.1. The topological polar surface area (TPSA) is 55.5 Å². The Morgan fingerprint density at radius 1 is 1.24 bits per heavy atom. The van der Waals surface area contributed by atoms with Crippen LogP contribution in [0, 0.1) is 6.92 Å². The smallest absolute Gasteiger partial charge is 0.239 e. The number of rotatable bonds is 2. The first-order valence-electron chi connectivity index (χ1n) is 7.80. The highest BCUT2D eigenvalue weighted by Crippen LogP contribution is 2.21. The highest BCUT2D eigenvalue weighted by Gasteiger charge is 2.30. The summed E-state index contributed by atoms with van der Waals surface area (Å²) in [4.78, 5) is 19.4. The zero-order valence-electron chi connectivity index (χ0n) is 13.2. The van der Waals surface area contributed by atoms with E-state index in [2.05, 4.69) is 27.0 Å². The Bertz CT molecular complexity index is 518. The lowest BCUT2D eigenvalue weighted by Gasteiger charge is -2.38. The Hall–Kier alpha value is -1.40. The molecule has 6 heteroatoms. The van der Waals surface area contributed by atoms with Gasteiger partial charge in [-0.1, -0.05) is 0 Å². The number of likely N-dealkylation sites (N-methyl/N-ethyl adjacent to an activating group) is 1. The Morgan fingerprint density at radius 2 is 1.95 bits per heavy atom. The lowest BCUT2D eigenvalue weighted by Crippen LogP contribution is -2.54. The molecule has 0 spiro atoms. The van der Waals surface area contributed by atoms with Crippen molar-refractivity contribution >= 4 is 5.91 Å². The summed E-state index contributed by atoms with van der Waals surface area (Å²) in [5.74, 6) is 0.255. The summed E-state index contributed by atoms with van der Waals surface area (Å²) in [6, 6.07) is -0.0209. The molecule has 1 aromatic heterocycles. The van der Waals surface area contributed by atoms with Crippen molar-refractivity contribution in [3.8, 4) is 0 Å². The molecule has 2 aliphatic heterocycles. The summed E-state index contributed by atoms with van der Waals surface area (Å²) in [5, 5.41) is 7.35. The van der Waals surface area contributed by atoms with Crippen molar-refractivity contribution in [1.29, 1.82) is 0 Å². The second kappa shape index (κ2) is 5.77. The molecule has 1 N–H and O–H groups in total. The van der Waals surface area contributed by atoms with Crippen LogP contribution < -0.4 is 0 Å². The van der Waals surface area contributed by atoms with Crippen molar-refractivity contribution in [2.24, 2.45) is 0 Å². The maximum atomic E-state index is 12.8. The summed E-state index contributed by atoms with van der Waals surface area (Å²) >= 11 is 0. The fourth-order valence-corrected chi connectivity index (χ4v) is 3.25. The molecule has 3 heterocycles. The van der Waals surface area contributed by atoms with E-state index in [1.165, 1.54) is 5.56 Å². The molecule has 0 aliphatic carbocycles. The summed E-state index contributed by atoms with van der Waals surface area (Å²) in [5.41, 5.74) is 3.43. The number of carbonyl (C=O) groups excluding carboxylic acids is 1. The molecule has 0 saturated carbocycles. The van der Waals surface area contributed by atoms with Gasteiger partial charge in [0.1, 0.15) is 0 Å². The molecule has 0 bridgehead atoms. The number of nitrogens with zero attached hydrogens (tertiary/aromatic N) is 4. The van der Waals surface area contributed by atoms with Crippen molar-refractivity contribution in [1.82, 2.24) is 24.9 Å². The lowest BCUT2D eigenvalue weighted by molar-refractivity contribution is -0.138. The molecule has 0 aromatic carbocycles. The van der Waals surface area contributed by atoms with E-state index in [1.54, 1.807) is 0 Å². The van der Waals surface area contributed by atoms with Gasteiger partial charge < -0.3 is 9.80 Å². The van der Waals surface area contributed by atoms with Gasteiger partial charge in [0.15, 0.2) is 0 Å². The van der Waals surface area contributed by atoms with Gasteiger partial charge in [0.2, 0.25) is 5.91 Å². The molecule has 0 unspecified atom stereocenters. The van der Waals surface area contributed by atoms with E-state index in [0.29, 0.717) is 6.54 Å². The SMILES string of the molecule is Cc1[nH]nc2c1CN(C(=O)[C@H](C)N1CCN(C)CC1)CC2. The Kier molecular flexibility index (Phi) is 3.99. The number of hydrogen-bond donors (Lipinski definition) is 1. The van der Waals surface area contributed by atoms with Crippen molar-refractivity contribution in [3.63, 3.8) is 0 Å². The van der Waals surface area contributed by atoms with Crippen LogP contribution in [-0.4, -0.2) is 76.6 Å². The molecule has 1 fully saturated rings. The Morgan fingerprint density at radius 3 is 2.67 bits per heavy atom. The largest absolute Gasteiger partial charge is 0.336 e. The van der Waals surface area contributed by atoms with Gasteiger partial charge in [-0.15, -0.1) is 0 Å². The number of aromatic nitrogens is 2. The third-order valence-corrected chi connectivity index (χ3v) is 4.88. The fraction of sp³-hybridized carbons (Fsp3) is 0.733. The van der Waals surface area contributed by atoms with E-state index in [-0.39, 0.29) is 11.9 Å². The van der Waals surface area contributed by atoms with Crippen LogP contribution in [0.1, 0.15) is 23.9 Å². The standard InChI is InChI=1S/C15H25N5O/c1-11-13-10-20(5-4-14(13)17-16-11)15(21)12(2)19-8-6-18(3)7-9-19/h12H,4-10H2,1-3H3,(H,16,17)/t12-/m0/s1. The molecule has 1 aromatic rings. The highest BCUT2D eigenvalue weighted by atomic mass is 16.2. The number of carbonyl (C=O) groups is 1. The van der Waals surface area contributed by atoms with E-state index >= 15 is 0 Å². The molecule has 116 valence electrons. The monoisotopic (exact) mass is 291 g/mol. The predicted octanol–water partition coefficient (Wildman–Crippen LogP) is 0.239. The minimum absolute atomic E-state index is 0.0209. The summed E-state index contributed by atoms with van der Waals surface area (Å²) in [6.07, 6.45) is 0.862. The van der Waals surface area contributed by atoms with Gasteiger partial charge in [0, 0.05) is 56.9 Å². The molecular formula is C15H25N5O. The molecule has 6 nitrogen and oxygen atoms in total. The van der Waals surface area contributed by atoms with Crippen molar-refractivity contribution < 1.29 is 4.79 Å². The van der Waals surface area contributed by atoms with Crippen molar-refractivity contribution in [3.05, 3.63) is 17.0 Å². The number of amides is 1. The van der Waals surface area contributed by atoms with E-state index < -0.39 is 0 Å². The van der Waals surface area contributed by atoms with Gasteiger partial charge in [-0.05, 0) is 20.9 Å². The van der Waals surface area contributed by atoms with Crippen molar-refractivity contribution in [2.45, 2.75) is 32.9 Å². The number of aromatic amines is 1. The van der Waals surface area contributed by atoms with Crippen molar-refractivity contribution in [2.75, 3.05) is 39.8 Å². The average Bonchev–Trinajstić information content (AvgIpc) is 2.87. The van der Waals surface area contributed by atoms with Crippen LogP contribution in [0.5, 0.6) is 0 Å². The molecule has 2 aliphatic rings. The Labute approximate surface area is 126 Å². The van der Waals surface area contributed by atoms with E-state index in [9.17, 15) is 4.79 Å². The van der Waals surface area contributed by atoms with E-state index in [0.717, 1.165) is 50.5 Å². The van der Waals surface area contributed by atoms with Crippen LogP contribution in [0.4, 0.5) is 0 Å². The van der Waals surface area contributed by atoms with Crippen LogP contribution in [-0.2, 0) is 17.8 Å². The maximum absolute atomic E-state index is 12.8. The van der Waals surface area contributed by atoms with Crippen LogP contribution in [0.25, 0.3) is 0 Å². The summed E-state index contributed by atoms with van der Waals surface area (Å²) in [6.45, 7) is 9.61. The van der Waals surface area contributed by atoms with E-state index in [4.69, 9.17) is 0 Å². The number of fused-ring (bicyclic) bond motifs is 1. The second-order valence-electron chi connectivity index (χ2n) is 6.30. The van der Waals surface area contributed by atoms with Gasteiger partial charge >= 0.3 is 0 Å². The zero-order valence-corrected chi connectivity index (χ0v) is 13.2. The Balaban J connectivity index is 1.64. The predicted molar refractivity (Wildman–Crippen MR) is 81.0 cm³/mol. The van der Waals surface area contributed by atoms with Crippen LogP contribution in [0.15, 0.2) is 0 Å². The van der Waals surface area contributed by atoms with Gasteiger partial charge in [-0.2, -0.15) is 5.10 Å². The fourth-order valence-electron chi connectivity index (χ4n) is 3.25. The van der Waals surface area contributed by atoms with Crippen LogP contribution in [0.3, 0.4) is 0 Å². The van der Waals surface area contributed by atoms with E-state index in [1.807, 2.05) is 18.7 Å². The average molecular weight is 291 g/mol. The quantitative estimate of drug-likeness (QED) is 0.848. The maximum Gasteiger partial charge on any atom is 0.239 e. The number of H-pyrrole nitrogens is 1. The third-order valence-electron chi connectivity index (χ3n) is 4.88. The molecule has 1 saturated heterocycles. The summed E-state index contributed by atoms with van der Waals surface area (Å²) in [7, 11) is 2.14. The normalized spacial score (nSPS) is 22.1. The first kappa shape index (κ1) is 14.5. The number of nitrogens with one attached hydrogen (secondary N) is 1. The molecular weight excluding hydrogens is 266 g/mol. The third kappa shape index (κ3) is 2.82. The minimum Gasteiger partial charge on any atom is -0.336 e. The molecule has 1 amide bonds. The highest BCUT2D eigenvalue weighted by molar-refractivity contribution is 5.81. The molecule has 21 heavy (non-hydrogen) atoms. The number of aryl methyl sites for hydroxylation is 1. The van der Waals surface area contributed by atoms with Crippen LogP contribution in [0.2, 0.25) is 0 Å². The van der Waals surface area contributed by atoms with Gasteiger partial charge in [0.05, 0.1) is 11.7 Å². The van der Waals surface area contributed by atoms with Crippen LogP contribution >= 0.6 is 0 Å². The summed E-state index contributed by atoms with van der Waals surface area (Å²) < 4.78 is 0. The van der Waals surface area contributed by atoms with Gasteiger partial charge in [-0.25, -0.2) is 0 Å². The molecule has 0 radical (unpaired) electrons. The molecule has 3 rings (SSSR count). The zero-order chi connectivity index (χ0) is 15.0. The second-order valence-corrected chi connectivity index (χ2v) is 6.30. The lowest BCUT2D eigenvalue weighted by atomic mass is 10.0. The molecule has 1 atom stereocenters. The number of hydrogen-bond acceptors (Lipinski definition) is 4. The van der Waals surface area contributed by atoms with Gasteiger partial charge in [0.25, 0.3) is 0 Å². The number of piperazine rings is 1. The first-order valence-corrected chi connectivity index (χ1v) is 7.80.